The second-order valence-corrected chi connectivity index (χ2v) is 6.78. The quantitative estimate of drug-likeness (QED) is 0.859. The normalized spacial score (nSPS) is 14.0. The number of carboxylic acid groups (broad SMARTS) is 1. The first-order chi connectivity index (χ1) is 11.2. The van der Waals surface area contributed by atoms with Crippen molar-refractivity contribution in [3.8, 4) is 0 Å². The molecule has 122 valence electrons. The van der Waals surface area contributed by atoms with Crippen LogP contribution in [0.5, 0.6) is 0 Å². The van der Waals surface area contributed by atoms with E-state index in [2.05, 4.69) is 0 Å². The number of fused-ring (bicyclic) bond motifs is 1. The average molecular weight is 323 g/mol. The molecule has 24 heavy (non-hydrogen) atoms. The van der Waals surface area contributed by atoms with Crippen LogP contribution in [0.3, 0.4) is 0 Å². The highest BCUT2D eigenvalue weighted by atomic mass is 16.4. The molecule has 0 bridgehead atoms. The van der Waals surface area contributed by atoms with Crippen molar-refractivity contribution in [2.75, 3.05) is 4.90 Å². The summed E-state index contributed by atoms with van der Waals surface area (Å²) >= 11 is 0. The third-order valence-corrected chi connectivity index (χ3v) is 4.13. The number of hydrogen-bond donors (Lipinski definition) is 1. The Kier molecular flexibility index (Phi) is 3.52. The third-order valence-electron chi connectivity index (χ3n) is 4.13. The van der Waals surface area contributed by atoms with Crippen molar-refractivity contribution in [2.24, 2.45) is 0 Å². The summed E-state index contributed by atoms with van der Waals surface area (Å²) in [5.41, 5.74) is 1.40. The van der Waals surface area contributed by atoms with Gasteiger partial charge in [0.05, 0.1) is 22.4 Å². The summed E-state index contributed by atoms with van der Waals surface area (Å²) < 4.78 is 0. The van der Waals surface area contributed by atoms with Gasteiger partial charge in [0.2, 0.25) is 0 Å². The number of rotatable bonds is 2. The molecule has 5 nitrogen and oxygen atoms in total. The topological polar surface area (TPSA) is 74.7 Å². The lowest BCUT2D eigenvalue weighted by molar-refractivity contribution is 0.0698. The van der Waals surface area contributed by atoms with Crippen LogP contribution in [0.15, 0.2) is 42.5 Å². The molecule has 0 unspecified atom stereocenters. The maximum Gasteiger partial charge on any atom is 0.337 e. The molecule has 0 saturated heterocycles. The van der Waals surface area contributed by atoms with E-state index in [1.165, 1.54) is 12.1 Å². The average Bonchev–Trinajstić information content (AvgIpc) is 2.77. The molecule has 1 heterocycles. The number of carbonyl (C=O) groups is 3. The predicted molar refractivity (Wildman–Crippen MR) is 89.7 cm³/mol. The zero-order valence-corrected chi connectivity index (χ0v) is 13.7. The summed E-state index contributed by atoms with van der Waals surface area (Å²) in [6.45, 7) is 6.06. The maximum atomic E-state index is 12.8. The van der Waals surface area contributed by atoms with Crippen molar-refractivity contribution in [3.63, 3.8) is 0 Å². The Bertz CT molecular complexity index is 877. The fraction of sp³-hybridized carbons (Fsp3) is 0.211. The molecule has 0 atom stereocenters. The first-order valence-corrected chi connectivity index (χ1v) is 7.57. The summed E-state index contributed by atoms with van der Waals surface area (Å²) in [5, 5.41) is 9.32. The summed E-state index contributed by atoms with van der Waals surface area (Å²) in [7, 11) is 0. The van der Waals surface area contributed by atoms with Crippen LogP contribution in [0, 0.1) is 0 Å². The molecular weight excluding hydrogens is 306 g/mol. The van der Waals surface area contributed by atoms with Crippen molar-refractivity contribution < 1.29 is 19.5 Å². The number of benzene rings is 2. The SMILES string of the molecule is CC(C)(C)c1ccc2c(c1)C(=O)N(c1ccccc1C(=O)O)C2=O. The van der Waals surface area contributed by atoms with E-state index in [-0.39, 0.29) is 16.7 Å². The minimum atomic E-state index is -1.18. The van der Waals surface area contributed by atoms with Gasteiger partial charge in [0.15, 0.2) is 0 Å². The van der Waals surface area contributed by atoms with Crippen molar-refractivity contribution in [3.05, 3.63) is 64.7 Å². The highest BCUT2D eigenvalue weighted by molar-refractivity contribution is 6.35. The number of carboxylic acids is 1. The maximum absolute atomic E-state index is 12.8. The van der Waals surface area contributed by atoms with Crippen LogP contribution in [0.4, 0.5) is 5.69 Å². The Balaban J connectivity index is 2.13. The van der Waals surface area contributed by atoms with E-state index < -0.39 is 17.8 Å². The van der Waals surface area contributed by atoms with Gasteiger partial charge in [-0.25, -0.2) is 9.69 Å². The highest BCUT2D eigenvalue weighted by Gasteiger charge is 2.38. The molecular formula is C19H17NO4. The zero-order chi connectivity index (χ0) is 17.6. The van der Waals surface area contributed by atoms with Gasteiger partial charge < -0.3 is 5.11 Å². The summed E-state index contributed by atoms with van der Waals surface area (Å²) in [4.78, 5) is 37.8. The molecule has 1 N–H and O–H groups in total. The molecule has 5 heteroatoms. The zero-order valence-electron chi connectivity index (χ0n) is 13.7. The first-order valence-electron chi connectivity index (χ1n) is 7.57. The Morgan fingerprint density at radius 1 is 0.958 bits per heavy atom. The van der Waals surface area contributed by atoms with Crippen molar-refractivity contribution in [1.82, 2.24) is 0 Å². The largest absolute Gasteiger partial charge is 0.478 e. The Morgan fingerprint density at radius 2 is 1.58 bits per heavy atom. The fourth-order valence-electron chi connectivity index (χ4n) is 2.78. The molecule has 0 aromatic heterocycles. The standard InChI is InChI=1S/C19H17NO4/c1-19(2,3)11-8-9-12-14(10-11)17(22)20(16(12)21)15-7-5-4-6-13(15)18(23)24/h4-10H,1-3H3,(H,23,24). The van der Waals surface area contributed by atoms with Crippen LogP contribution in [0.25, 0.3) is 0 Å². The second kappa shape index (κ2) is 5.30. The molecule has 0 saturated carbocycles. The van der Waals surface area contributed by atoms with Gasteiger partial charge >= 0.3 is 5.97 Å². The van der Waals surface area contributed by atoms with Gasteiger partial charge in [0, 0.05) is 0 Å². The Labute approximate surface area is 139 Å². The van der Waals surface area contributed by atoms with Crippen molar-refractivity contribution >= 4 is 23.5 Å². The van der Waals surface area contributed by atoms with E-state index in [1.54, 1.807) is 24.3 Å². The molecule has 0 radical (unpaired) electrons. The molecule has 3 rings (SSSR count). The monoisotopic (exact) mass is 323 g/mol. The van der Waals surface area contributed by atoms with E-state index in [9.17, 15) is 19.5 Å². The summed E-state index contributed by atoms with van der Waals surface area (Å²) in [6, 6.07) is 11.2. The summed E-state index contributed by atoms with van der Waals surface area (Å²) in [6.07, 6.45) is 0. The third kappa shape index (κ3) is 2.38. The number of nitrogens with zero attached hydrogens (tertiary/aromatic N) is 1. The minimum absolute atomic E-state index is 0.0805. The number of anilines is 1. The van der Waals surface area contributed by atoms with Crippen LogP contribution in [0.2, 0.25) is 0 Å². The smallest absolute Gasteiger partial charge is 0.337 e. The number of hydrogen-bond acceptors (Lipinski definition) is 3. The van der Waals surface area contributed by atoms with Gasteiger partial charge in [-0.15, -0.1) is 0 Å². The number of amides is 2. The molecule has 1 aliphatic rings. The van der Waals surface area contributed by atoms with E-state index in [0.717, 1.165) is 10.5 Å². The van der Waals surface area contributed by atoms with E-state index in [0.29, 0.717) is 11.1 Å². The lowest BCUT2D eigenvalue weighted by Gasteiger charge is -2.19. The predicted octanol–water partition coefficient (Wildman–Crippen LogP) is 3.48. The van der Waals surface area contributed by atoms with Gasteiger partial charge in [-0.2, -0.15) is 0 Å². The molecule has 0 spiro atoms. The molecule has 2 aromatic carbocycles. The van der Waals surface area contributed by atoms with Gasteiger partial charge in [0.1, 0.15) is 0 Å². The number of carbonyl (C=O) groups excluding carboxylic acids is 2. The Morgan fingerprint density at radius 3 is 2.21 bits per heavy atom. The molecule has 2 aromatic rings. The minimum Gasteiger partial charge on any atom is -0.478 e. The van der Waals surface area contributed by atoms with Crippen molar-refractivity contribution in [1.29, 1.82) is 0 Å². The fourth-order valence-corrected chi connectivity index (χ4v) is 2.78. The van der Waals surface area contributed by atoms with Crippen LogP contribution >= 0.6 is 0 Å². The highest BCUT2D eigenvalue weighted by Crippen LogP contribution is 2.33. The van der Waals surface area contributed by atoms with Crippen LogP contribution in [-0.2, 0) is 5.41 Å². The number of aromatic carboxylic acids is 1. The molecule has 0 aliphatic carbocycles. The molecule has 1 aliphatic heterocycles. The van der Waals surface area contributed by atoms with Gasteiger partial charge in [-0.3, -0.25) is 9.59 Å². The summed E-state index contributed by atoms with van der Waals surface area (Å²) in [5.74, 6) is -2.17. The van der Waals surface area contributed by atoms with E-state index in [4.69, 9.17) is 0 Å². The Hall–Kier alpha value is -2.95. The number of para-hydroxylation sites is 1. The number of imide groups is 1. The van der Waals surface area contributed by atoms with Crippen molar-refractivity contribution in [2.45, 2.75) is 26.2 Å². The first kappa shape index (κ1) is 15.9. The van der Waals surface area contributed by atoms with Crippen LogP contribution in [-0.4, -0.2) is 22.9 Å². The second-order valence-electron chi connectivity index (χ2n) is 6.78. The molecule has 0 fully saturated rings. The van der Waals surface area contributed by atoms with Gasteiger partial charge in [0.25, 0.3) is 11.8 Å². The lowest BCUT2D eigenvalue weighted by Crippen LogP contribution is -2.30. The van der Waals surface area contributed by atoms with E-state index >= 15 is 0 Å². The van der Waals surface area contributed by atoms with Crippen LogP contribution in [0.1, 0.15) is 57.4 Å². The molecule has 2 amide bonds. The van der Waals surface area contributed by atoms with Gasteiger partial charge in [-0.05, 0) is 35.2 Å². The van der Waals surface area contributed by atoms with E-state index in [1.807, 2.05) is 26.8 Å². The lowest BCUT2D eigenvalue weighted by atomic mass is 9.85. The van der Waals surface area contributed by atoms with Crippen LogP contribution < -0.4 is 4.90 Å². The van der Waals surface area contributed by atoms with Gasteiger partial charge in [-0.1, -0.05) is 39.0 Å².